The van der Waals surface area contributed by atoms with E-state index in [1.54, 1.807) is 42.5 Å². The van der Waals surface area contributed by atoms with Gasteiger partial charge in [-0.3, -0.25) is 0 Å². The molecule has 0 aliphatic heterocycles. The Kier molecular flexibility index (Phi) is 5.79. The van der Waals surface area contributed by atoms with E-state index >= 15 is 0 Å². The molecule has 0 bridgehead atoms. The van der Waals surface area contributed by atoms with E-state index in [0.29, 0.717) is 28.7 Å². The number of ether oxygens (including phenoxy) is 3. The highest BCUT2D eigenvalue weighted by molar-refractivity contribution is 5.55. The van der Waals surface area contributed by atoms with Crippen LogP contribution in [0.25, 0.3) is 0 Å². The number of nitrogens with zero attached hydrogens (tertiary/aromatic N) is 2. The Morgan fingerprint density at radius 2 is 1.03 bits per heavy atom. The van der Waals surface area contributed by atoms with Gasteiger partial charge in [0.2, 0.25) is 0 Å². The van der Waals surface area contributed by atoms with Gasteiger partial charge < -0.3 is 14.2 Å². The lowest BCUT2D eigenvalue weighted by Gasteiger charge is -2.11. The lowest BCUT2D eigenvalue weighted by molar-refractivity contribution is 0.456. The molecule has 0 spiro atoms. The molecule has 0 amide bonds. The van der Waals surface area contributed by atoms with Crippen molar-refractivity contribution in [3.63, 3.8) is 0 Å². The first-order valence-corrected chi connectivity index (χ1v) is 9.47. The molecule has 0 aliphatic rings. The standard InChI is InChI=1S/C26H16N2O3/c27-17-19-6-4-11-26(25(19)18-28)31-22-14-12-21(13-15-22)30-24-10-5-9-23(16-24)29-20-7-2-1-3-8-20/h1-16H. The summed E-state index contributed by atoms with van der Waals surface area (Å²) in [5.41, 5.74) is 0.484. The predicted molar refractivity (Wildman–Crippen MR) is 115 cm³/mol. The van der Waals surface area contributed by atoms with E-state index in [4.69, 9.17) is 19.5 Å². The van der Waals surface area contributed by atoms with E-state index < -0.39 is 0 Å². The van der Waals surface area contributed by atoms with Crippen molar-refractivity contribution < 1.29 is 14.2 Å². The second-order valence-electron chi connectivity index (χ2n) is 6.47. The van der Waals surface area contributed by atoms with Crippen LogP contribution in [0.4, 0.5) is 0 Å². The molecule has 0 N–H and O–H groups in total. The molecule has 148 valence electrons. The van der Waals surface area contributed by atoms with Crippen LogP contribution in [0.2, 0.25) is 0 Å². The van der Waals surface area contributed by atoms with E-state index in [2.05, 4.69) is 0 Å². The van der Waals surface area contributed by atoms with Crippen molar-refractivity contribution in [2.24, 2.45) is 0 Å². The molecule has 5 heteroatoms. The fraction of sp³-hybridized carbons (Fsp3) is 0. The molecule has 0 heterocycles. The van der Waals surface area contributed by atoms with Crippen molar-refractivity contribution in [1.82, 2.24) is 0 Å². The first-order valence-electron chi connectivity index (χ1n) is 9.47. The summed E-state index contributed by atoms with van der Waals surface area (Å²) in [6.45, 7) is 0. The largest absolute Gasteiger partial charge is 0.457 e. The third-order valence-corrected chi connectivity index (χ3v) is 4.33. The van der Waals surface area contributed by atoms with Gasteiger partial charge in [0.15, 0.2) is 0 Å². The van der Waals surface area contributed by atoms with Crippen molar-refractivity contribution >= 4 is 0 Å². The molecular weight excluding hydrogens is 388 g/mol. The molecule has 0 aromatic heterocycles. The Bertz CT molecular complexity index is 1270. The smallest absolute Gasteiger partial charge is 0.146 e. The zero-order valence-corrected chi connectivity index (χ0v) is 16.4. The average molecular weight is 404 g/mol. The van der Waals surface area contributed by atoms with Crippen molar-refractivity contribution in [3.8, 4) is 46.6 Å². The summed E-state index contributed by atoms with van der Waals surface area (Å²) in [6.07, 6.45) is 0. The summed E-state index contributed by atoms with van der Waals surface area (Å²) in [7, 11) is 0. The van der Waals surface area contributed by atoms with Gasteiger partial charge in [0.25, 0.3) is 0 Å². The van der Waals surface area contributed by atoms with E-state index in [0.717, 1.165) is 5.75 Å². The minimum atomic E-state index is 0.209. The maximum atomic E-state index is 9.32. The van der Waals surface area contributed by atoms with Gasteiger partial charge in [-0.15, -0.1) is 0 Å². The van der Waals surface area contributed by atoms with Gasteiger partial charge in [-0.2, -0.15) is 10.5 Å². The molecule has 0 saturated heterocycles. The van der Waals surface area contributed by atoms with Gasteiger partial charge in [-0.25, -0.2) is 0 Å². The minimum Gasteiger partial charge on any atom is -0.457 e. The number of benzene rings is 4. The number of nitriles is 2. The topological polar surface area (TPSA) is 75.3 Å². The average Bonchev–Trinajstić information content (AvgIpc) is 2.81. The summed E-state index contributed by atoms with van der Waals surface area (Å²) in [5.74, 6) is 3.54. The van der Waals surface area contributed by atoms with Gasteiger partial charge in [0.1, 0.15) is 52.2 Å². The minimum absolute atomic E-state index is 0.209. The van der Waals surface area contributed by atoms with Crippen molar-refractivity contribution in [2.75, 3.05) is 0 Å². The second-order valence-corrected chi connectivity index (χ2v) is 6.47. The van der Waals surface area contributed by atoms with Crippen LogP contribution in [0.3, 0.4) is 0 Å². The molecule has 0 radical (unpaired) electrons. The first-order chi connectivity index (χ1) is 15.2. The fourth-order valence-corrected chi connectivity index (χ4v) is 2.89. The summed E-state index contributed by atoms with van der Waals surface area (Å²) >= 11 is 0. The predicted octanol–water partition coefficient (Wildman–Crippen LogP) is 6.81. The van der Waals surface area contributed by atoms with E-state index in [1.807, 2.05) is 66.7 Å². The molecule has 0 aliphatic carbocycles. The number of hydrogen-bond acceptors (Lipinski definition) is 5. The van der Waals surface area contributed by atoms with E-state index in [-0.39, 0.29) is 11.1 Å². The summed E-state index contributed by atoms with van der Waals surface area (Å²) in [4.78, 5) is 0. The Morgan fingerprint density at radius 1 is 0.484 bits per heavy atom. The van der Waals surface area contributed by atoms with Crippen LogP contribution < -0.4 is 14.2 Å². The van der Waals surface area contributed by atoms with Crippen molar-refractivity contribution in [2.45, 2.75) is 0 Å². The molecule has 4 rings (SSSR count). The normalized spacial score (nSPS) is 9.87. The van der Waals surface area contributed by atoms with Crippen LogP contribution in [0.1, 0.15) is 11.1 Å². The zero-order chi connectivity index (χ0) is 21.5. The Morgan fingerprint density at radius 3 is 1.65 bits per heavy atom. The molecule has 4 aromatic carbocycles. The summed E-state index contributed by atoms with van der Waals surface area (Å²) in [6, 6.07) is 32.8. The highest BCUT2D eigenvalue weighted by atomic mass is 16.5. The zero-order valence-electron chi connectivity index (χ0n) is 16.4. The second kappa shape index (κ2) is 9.17. The fourth-order valence-electron chi connectivity index (χ4n) is 2.89. The van der Waals surface area contributed by atoms with Crippen LogP contribution in [-0.4, -0.2) is 0 Å². The van der Waals surface area contributed by atoms with Crippen LogP contribution in [0.15, 0.2) is 97.1 Å². The number of rotatable bonds is 6. The number of para-hydroxylation sites is 1. The molecule has 31 heavy (non-hydrogen) atoms. The van der Waals surface area contributed by atoms with Crippen LogP contribution in [0, 0.1) is 22.7 Å². The summed E-state index contributed by atoms with van der Waals surface area (Å²) < 4.78 is 17.5. The van der Waals surface area contributed by atoms with Crippen molar-refractivity contribution in [3.05, 3.63) is 108 Å². The Balaban J connectivity index is 1.46. The maximum absolute atomic E-state index is 9.32. The van der Waals surface area contributed by atoms with Gasteiger partial charge in [-0.05, 0) is 60.7 Å². The van der Waals surface area contributed by atoms with Crippen LogP contribution in [0.5, 0.6) is 34.5 Å². The quantitative estimate of drug-likeness (QED) is 0.353. The monoisotopic (exact) mass is 404 g/mol. The van der Waals surface area contributed by atoms with Gasteiger partial charge >= 0.3 is 0 Å². The van der Waals surface area contributed by atoms with Gasteiger partial charge in [0.05, 0.1) is 5.56 Å². The highest BCUT2D eigenvalue weighted by Gasteiger charge is 2.10. The molecule has 0 fully saturated rings. The van der Waals surface area contributed by atoms with Crippen molar-refractivity contribution in [1.29, 1.82) is 10.5 Å². The molecule has 4 aromatic rings. The van der Waals surface area contributed by atoms with Gasteiger partial charge in [0, 0.05) is 6.07 Å². The Labute approximate surface area is 179 Å². The molecule has 0 saturated carbocycles. The molecule has 0 atom stereocenters. The summed E-state index contributed by atoms with van der Waals surface area (Å²) in [5, 5.41) is 18.5. The third-order valence-electron chi connectivity index (χ3n) is 4.33. The van der Waals surface area contributed by atoms with Crippen LogP contribution >= 0.6 is 0 Å². The third kappa shape index (κ3) is 4.82. The van der Waals surface area contributed by atoms with Crippen LogP contribution in [-0.2, 0) is 0 Å². The molecule has 5 nitrogen and oxygen atoms in total. The lowest BCUT2D eigenvalue weighted by atomic mass is 10.1. The first kappa shape index (κ1) is 19.6. The Hall–Kier alpha value is -4.74. The van der Waals surface area contributed by atoms with E-state index in [9.17, 15) is 5.26 Å². The highest BCUT2D eigenvalue weighted by Crippen LogP contribution is 2.31. The molecular formula is C26H16N2O3. The maximum Gasteiger partial charge on any atom is 0.146 e. The number of hydrogen-bond donors (Lipinski definition) is 0. The molecule has 0 unspecified atom stereocenters. The lowest BCUT2D eigenvalue weighted by Crippen LogP contribution is -1.92. The van der Waals surface area contributed by atoms with Gasteiger partial charge in [-0.1, -0.05) is 30.3 Å². The van der Waals surface area contributed by atoms with E-state index in [1.165, 1.54) is 0 Å². The SMILES string of the molecule is N#Cc1cccc(Oc2ccc(Oc3cccc(Oc4ccccc4)c3)cc2)c1C#N.